The quantitative estimate of drug-likeness (QED) is 0.858. The van der Waals surface area contributed by atoms with Crippen LogP contribution in [0.25, 0.3) is 0 Å². The first-order valence-corrected chi connectivity index (χ1v) is 7.57. The lowest BCUT2D eigenvalue weighted by Gasteiger charge is -2.15. The number of carbonyl (C=O) groups is 2. The summed E-state index contributed by atoms with van der Waals surface area (Å²) in [6.45, 7) is 1.70. The average Bonchev–Trinajstić information content (AvgIpc) is 2.83. The number of benzene rings is 1. The standard InChI is InChI=1S/C16H15BrFNO4/c1-9-12(16(21)22)7-11(23-9)8-19(2)15(20)6-10-3-4-13(17)14(18)5-10/h3-5,7H,6,8H2,1-2H3,(H,21,22). The summed E-state index contributed by atoms with van der Waals surface area (Å²) < 4.78 is 19.1. The van der Waals surface area contributed by atoms with E-state index in [4.69, 9.17) is 9.52 Å². The second-order valence-electron chi connectivity index (χ2n) is 5.16. The Morgan fingerprint density at radius 2 is 2.04 bits per heavy atom. The number of amides is 1. The van der Waals surface area contributed by atoms with Crippen LogP contribution in [0.5, 0.6) is 0 Å². The Balaban J connectivity index is 2.03. The monoisotopic (exact) mass is 383 g/mol. The second kappa shape index (κ2) is 6.95. The van der Waals surface area contributed by atoms with Crippen LogP contribution in [-0.2, 0) is 17.8 Å². The van der Waals surface area contributed by atoms with Crippen molar-refractivity contribution in [2.45, 2.75) is 19.9 Å². The minimum atomic E-state index is -1.07. The predicted octanol–water partition coefficient (Wildman–Crippen LogP) is 3.39. The first-order chi connectivity index (χ1) is 10.8. The Morgan fingerprint density at radius 1 is 1.35 bits per heavy atom. The Morgan fingerprint density at radius 3 is 2.61 bits per heavy atom. The lowest BCUT2D eigenvalue weighted by atomic mass is 10.1. The summed E-state index contributed by atoms with van der Waals surface area (Å²) >= 11 is 3.06. The molecule has 1 amide bonds. The van der Waals surface area contributed by atoms with Gasteiger partial charge in [-0.05, 0) is 46.6 Å². The van der Waals surface area contributed by atoms with Crippen molar-refractivity contribution in [1.82, 2.24) is 4.90 Å². The number of carboxylic acid groups (broad SMARTS) is 1. The molecule has 0 aliphatic heterocycles. The van der Waals surface area contributed by atoms with Crippen LogP contribution in [-0.4, -0.2) is 28.9 Å². The summed E-state index contributed by atoms with van der Waals surface area (Å²) in [6, 6.07) is 5.92. The molecule has 0 aliphatic rings. The van der Waals surface area contributed by atoms with Crippen molar-refractivity contribution in [1.29, 1.82) is 0 Å². The first kappa shape index (κ1) is 17.2. The van der Waals surface area contributed by atoms with Crippen molar-refractivity contribution in [2.75, 3.05) is 7.05 Å². The second-order valence-corrected chi connectivity index (χ2v) is 6.02. The summed E-state index contributed by atoms with van der Waals surface area (Å²) in [5.74, 6) is -1.04. The van der Waals surface area contributed by atoms with Crippen LogP contribution in [0.2, 0.25) is 0 Å². The van der Waals surface area contributed by atoms with E-state index in [1.54, 1.807) is 26.1 Å². The normalized spacial score (nSPS) is 10.6. The molecule has 0 bridgehead atoms. The Kier molecular flexibility index (Phi) is 5.20. The fourth-order valence-corrected chi connectivity index (χ4v) is 2.36. The average molecular weight is 384 g/mol. The maximum atomic E-state index is 13.5. The minimum absolute atomic E-state index is 0.0478. The molecule has 0 spiro atoms. The number of carbonyl (C=O) groups excluding carboxylic acids is 1. The summed E-state index contributed by atoms with van der Waals surface area (Å²) in [6.07, 6.45) is 0.0478. The number of nitrogens with zero attached hydrogens (tertiary/aromatic N) is 1. The molecule has 1 aromatic carbocycles. The molecule has 1 N–H and O–H groups in total. The summed E-state index contributed by atoms with van der Waals surface area (Å²) in [4.78, 5) is 24.6. The zero-order valence-electron chi connectivity index (χ0n) is 12.6. The van der Waals surface area contributed by atoms with Crippen molar-refractivity contribution in [2.24, 2.45) is 0 Å². The van der Waals surface area contributed by atoms with E-state index in [1.165, 1.54) is 17.0 Å². The molecule has 1 aromatic heterocycles. The molecule has 5 nitrogen and oxygen atoms in total. The van der Waals surface area contributed by atoms with Gasteiger partial charge in [-0.25, -0.2) is 9.18 Å². The van der Waals surface area contributed by atoms with Gasteiger partial charge in [0.05, 0.1) is 17.4 Å². The van der Waals surface area contributed by atoms with Gasteiger partial charge in [0, 0.05) is 7.05 Å². The van der Waals surface area contributed by atoms with E-state index in [2.05, 4.69) is 15.9 Å². The minimum Gasteiger partial charge on any atom is -0.478 e. The van der Waals surface area contributed by atoms with Crippen molar-refractivity contribution in [3.8, 4) is 0 Å². The van der Waals surface area contributed by atoms with E-state index in [9.17, 15) is 14.0 Å². The fourth-order valence-electron chi connectivity index (χ4n) is 2.12. The summed E-state index contributed by atoms with van der Waals surface area (Å²) in [7, 11) is 1.58. The third kappa shape index (κ3) is 4.19. The maximum absolute atomic E-state index is 13.5. The van der Waals surface area contributed by atoms with E-state index in [-0.39, 0.29) is 24.4 Å². The molecule has 0 aliphatic carbocycles. The van der Waals surface area contributed by atoms with Crippen LogP contribution in [0.3, 0.4) is 0 Å². The van der Waals surface area contributed by atoms with Crippen LogP contribution in [0.4, 0.5) is 4.39 Å². The number of hydrogen-bond acceptors (Lipinski definition) is 3. The highest BCUT2D eigenvalue weighted by atomic mass is 79.9. The maximum Gasteiger partial charge on any atom is 0.339 e. The lowest BCUT2D eigenvalue weighted by Crippen LogP contribution is -2.27. The molecule has 1 heterocycles. The summed E-state index contributed by atoms with van der Waals surface area (Å²) in [5, 5.41) is 8.99. The number of aromatic carboxylic acids is 1. The third-order valence-electron chi connectivity index (χ3n) is 3.36. The van der Waals surface area contributed by atoms with Gasteiger partial charge in [-0.1, -0.05) is 6.07 Å². The number of rotatable bonds is 5. The van der Waals surface area contributed by atoms with Gasteiger partial charge in [0.15, 0.2) is 0 Å². The SMILES string of the molecule is Cc1oc(CN(C)C(=O)Cc2ccc(Br)c(F)c2)cc1C(=O)O. The molecular weight excluding hydrogens is 369 g/mol. The number of halogens is 2. The van der Waals surface area contributed by atoms with Crippen LogP contribution in [0.1, 0.15) is 27.4 Å². The van der Waals surface area contributed by atoms with Crippen LogP contribution >= 0.6 is 15.9 Å². The molecule has 0 unspecified atom stereocenters. The predicted molar refractivity (Wildman–Crippen MR) is 84.7 cm³/mol. The van der Waals surface area contributed by atoms with E-state index in [0.29, 0.717) is 21.6 Å². The molecular formula is C16H15BrFNO4. The van der Waals surface area contributed by atoms with Gasteiger partial charge in [0.1, 0.15) is 22.9 Å². The molecule has 2 rings (SSSR count). The Hall–Kier alpha value is -2.15. The van der Waals surface area contributed by atoms with Crippen molar-refractivity contribution in [3.05, 3.63) is 57.2 Å². The fraction of sp³-hybridized carbons (Fsp3) is 0.250. The van der Waals surface area contributed by atoms with E-state index >= 15 is 0 Å². The molecule has 0 radical (unpaired) electrons. The molecule has 7 heteroatoms. The van der Waals surface area contributed by atoms with Gasteiger partial charge < -0.3 is 14.4 Å². The van der Waals surface area contributed by atoms with E-state index in [1.807, 2.05) is 0 Å². The van der Waals surface area contributed by atoms with Gasteiger partial charge in [-0.2, -0.15) is 0 Å². The third-order valence-corrected chi connectivity index (χ3v) is 4.00. The smallest absolute Gasteiger partial charge is 0.339 e. The highest BCUT2D eigenvalue weighted by Crippen LogP contribution is 2.18. The lowest BCUT2D eigenvalue weighted by molar-refractivity contribution is -0.129. The molecule has 0 saturated heterocycles. The van der Waals surface area contributed by atoms with Crippen molar-refractivity contribution in [3.63, 3.8) is 0 Å². The molecule has 0 atom stereocenters. The zero-order chi connectivity index (χ0) is 17.1. The van der Waals surface area contributed by atoms with E-state index < -0.39 is 11.8 Å². The molecule has 23 heavy (non-hydrogen) atoms. The summed E-state index contributed by atoms with van der Waals surface area (Å²) in [5.41, 5.74) is 0.639. The highest BCUT2D eigenvalue weighted by molar-refractivity contribution is 9.10. The molecule has 0 fully saturated rings. The molecule has 0 saturated carbocycles. The topological polar surface area (TPSA) is 70.8 Å². The number of furan rings is 1. The van der Waals surface area contributed by atoms with Crippen LogP contribution < -0.4 is 0 Å². The molecule has 122 valence electrons. The van der Waals surface area contributed by atoms with Gasteiger partial charge in [-0.15, -0.1) is 0 Å². The first-order valence-electron chi connectivity index (χ1n) is 6.78. The number of aryl methyl sites for hydroxylation is 1. The van der Waals surface area contributed by atoms with Gasteiger partial charge in [0.2, 0.25) is 5.91 Å². The Bertz CT molecular complexity index is 757. The number of hydrogen-bond donors (Lipinski definition) is 1. The van der Waals surface area contributed by atoms with Crippen LogP contribution in [0, 0.1) is 12.7 Å². The van der Waals surface area contributed by atoms with Gasteiger partial charge in [0.25, 0.3) is 0 Å². The Labute approximate surface area is 140 Å². The molecule has 2 aromatic rings. The number of carboxylic acids is 1. The number of likely N-dealkylation sites (N-methyl/N-ethyl adjacent to an activating group) is 1. The van der Waals surface area contributed by atoms with Gasteiger partial charge in [-0.3, -0.25) is 4.79 Å². The van der Waals surface area contributed by atoms with Crippen molar-refractivity contribution >= 4 is 27.8 Å². The van der Waals surface area contributed by atoms with Gasteiger partial charge >= 0.3 is 5.97 Å². The van der Waals surface area contributed by atoms with E-state index in [0.717, 1.165) is 0 Å². The van der Waals surface area contributed by atoms with Crippen molar-refractivity contribution < 1.29 is 23.5 Å². The largest absolute Gasteiger partial charge is 0.478 e. The highest BCUT2D eigenvalue weighted by Gasteiger charge is 2.17. The zero-order valence-corrected chi connectivity index (χ0v) is 14.2. The van der Waals surface area contributed by atoms with Crippen LogP contribution in [0.15, 0.2) is 33.2 Å².